The first-order chi connectivity index (χ1) is 9.22. The van der Waals surface area contributed by atoms with Gasteiger partial charge in [0.15, 0.2) is 0 Å². The van der Waals surface area contributed by atoms with Gasteiger partial charge in [-0.15, -0.1) is 0 Å². The van der Waals surface area contributed by atoms with E-state index in [9.17, 15) is 9.59 Å². The number of halogens is 4. The van der Waals surface area contributed by atoms with E-state index in [1.165, 1.54) is 6.92 Å². The van der Waals surface area contributed by atoms with E-state index in [0.29, 0.717) is 17.9 Å². The Kier molecular flexibility index (Phi) is 6.81. The minimum absolute atomic E-state index is 0.139. The van der Waals surface area contributed by atoms with Crippen molar-refractivity contribution in [3.05, 3.63) is 29.0 Å². The van der Waals surface area contributed by atoms with Crippen molar-refractivity contribution in [1.29, 1.82) is 0 Å². The van der Waals surface area contributed by atoms with Gasteiger partial charge in [-0.1, -0.05) is 0 Å². The van der Waals surface area contributed by atoms with E-state index in [1.807, 2.05) is 0 Å². The molecule has 5 nitrogen and oxygen atoms in total. The third kappa shape index (κ3) is 3.69. The number of rotatable bonds is 1. The maximum Gasteiger partial charge on any atom is 0.348 e. The summed E-state index contributed by atoms with van der Waals surface area (Å²) in [6.07, 6.45) is -0.560. The molecule has 1 unspecified atom stereocenters. The molecular weight excluding hydrogens is 532 g/mol. The second-order valence-corrected chi connectivity index (χ2v) is 6.89. The van der Waals surface area contributed by atoms with Gasteiger partial charge < -0.3 is 14.9 Å². The molecule has 0 aliphatic carbocycles. The first-order valence-corrected chi connectivity index (χ1v) is 8.30. The molecule has 1 aromatic carbocycles. The number of fused-ring (bicyclic) bond motifs is 1. The molecule has 1 atom stereocenters. The molecule has 0 saturated heterocycles. The maximum atomic E-state index is 11.4. The lowest BCUT2D eigenvalue weighted by Gasteiger charge is -2.06. The van der Waals surface area contributed by atoms with Crippen LogP contribution in [0.5, 0.6) is 0 Å². The Labute approximate surface area is 148 Å². The number of cyclic esters (lactones) is 2. The molecule has 2 rings (SSSR count). The highest BCUT2D eigenvalue weighted by molar-refractivity contribution is 9.15. The van der Waals surface area contributed by atoms with Gasteiger partial charge in [-0.25, -0.2) is 9.59 Å². The van der Waals surface area contributed by atoms with E-state index < -0.39 is 18.0 Å². The first-order valence-electron chi connectivity index (χ1n) is 5.13. The number of hydrogen-bond acceptors (Lipinski definition) is 5. The van der Waals surface area contributed by atoms with Gasteiger partial charge in [0.2, 0.25) is 0 Å². The van der Waals surface area contributed by atoms with Gasteiger partial charge >= 0.3 is 11.9 Å². The lowest BCUT2D eigenvalue weighted by molar-refractivity contribution is 0.0443. The van der Waals surface area contributed by atoms with E-state index in [2.05, 4.69) is 68.5 Å². The van der Waals surface area contributed by atoms with Crippen LogP contribution in [-0.4, -0.2) is 34.9 Å². The standard InChI is InChI=1S/C8Br4O3.C3H8O2/c9-3-1-2(8(14)15-7(1)13)4(10)6(12)5(3)11;1-3(5)2-4/h;3-5H,2H2,1H3. The van der Waals surface area contributed by atoms with Gasteiger partial charge in [-0.3, -0.25) is 0 Å². The summed E-state index contributed by atoms with van der Waals surface area (Å²) in [5, 5.41) is 16.0. The maximum absolute atomic E-state index is 11.4. The zero-order chi connectivity index (χ0) is 15.6. The van der Waals surface area contributed by atoms with E-state index in [1.54, 1.807) is 0 Å². The number of carbonyl (C=O) groups excluding carboxylic acids is 2. The Balaban J connectivity index is 0.000000347. The number of benzene rings is 1. The number of ether oxygens (including phenoxy) is 1. The topological polar surface area (TPSA) is 83.8 Å². The molecule has 0 bridgehead atoms. The Hall–Kier alpha value is 0.200. The van der Waals surface area contributed by atoms with E-state index in [-0.39, 0.29) is 17.7 Å². The lowest BCUT2D eigenvalue weighted by Crippen LogP contribution is -2.03. The second kappa shape index (κ2) is 7.46. The summed E-state index contributed by atoms with van der Waals surface area (Å²) < 4.78 is 6.84. The average Bonchev–Trinajstić information content (AvgIpc) is 2.69. The van der Waals surface area contributed by atoms with E-state index in [4.69, 9.17) is 10.2 Å². The highest BCUT2D eigenvalue weighted by Crippen LogP contribution is 2.44. The Morgan fingerprint density at radius 3 is 1.50 bits per heavy atom. The fourth-order valence-corrected chi connectivity index (χ4v) is 3.64. The molecule has 1 aliphatic rings. The lowest BCUT2D eigenvalue weighted by atomic mass is 10.1. The molecule has 0 amide bonds. The van der Waals surface area contributed by atoms with Crippen LogP contribution in [0.25, 0.3) is 0 Å². The largest absolute Gasteiger partial charge is 0.394 e. The normalized spacial score (nSPS) is 14.3. The third-order valence-electron chi connectivity index (χ3n) is 2.12. The van der Waals surface area contributed by atoms with Crippen molar-refractivity contribution < 1.29 is 24.5 Å². The minimum atomic E-state index is -0.643. The van der Waals surface area contributed by atoms with Crippen LogP contribution in [0.15, 0.2) is 17.9 Å². The third-order valence-corrected chi connectivity index (χ3v) is 6.89. The van der Waals surface area contributed by atoms with Crippen molar-refractivity contribution in [2.75, 3.05) is 6.61 Å². The van der Waals surface area contributed by atoms with Crippen LogP contribution in [0.3, 0.4) is 0 Å². The molecule has 1 heterocycles. The Morgan fingerprint density at radius 2 is 1.25 bits per heavy atom. The molecule has 1 aliphatic heterocycles. The highest BCUT2D eigenvalue weighted by Gasteiger charge is 2.36. The Bertz CT molecular complexity index is 526. The highest BCUT2D eigenvalue weighted by atomic mass is 79.9. The molecule has 0 radical (unpaired) electrons. The number of esters is 2. The van der Waals surface area contributed by atoms with Crippen molar-refractivity contribution in [1.82, 2.24) is 0 Å². The van der Waals surface area contributed by atoms with Crippen LogP contribution < -0.4 is 0 Å². The van der Waals surface area contributed by atoms with Gasteiger partial charge in [0.1, 0.15) is 0 Å². The second-order valence-electron chi connectivity index (χ2n) is 3.71. The SMILES string of the molecule is CC(O)CO.O=C1OC(=O)c2c(Br)c(Br)c(Br)c(Br)c21. The van der Waals surface area contributed by atoms with Gasteiger partial charge in [0.05, 0.1) is 23.8 Å². The van der Waals surface area contributed by atoms with Crippen LogP contribution in [0.1, 0.15) is 27.6 Å². The minimum Gasteiger partial charge on any atom is -0.394 e. The number of aliphatic hydroxyl groups is 2. The first kappa shape index (κ1) is 18.2. The number of aliphatic hydroxyl groups excluding tert-OH is 2. The molecule has 110 valence electrons. The summed E-state index contributed by atoms with van der Waals surface area (Å²) in [6, 6.07) is 0. The molecule has 0 spiro atoms. The molecule has 2 N–H and O–H groups in total. The predicted molar refractivity (Wildman–Crippen MR) is 85.8 cm³/mol. The van der Waals surface area contributed by atoms with Crippen LogP contribution in [-0.2, 0) is 4.74 Å². The molecule has 0 aromatic heterocycles. The molecule has 1 aromatic rings. The predicted octanol–water partition coefficient (Wildman–Crippen LogP) is 3.41. The van der Waals surface area contributed by atoms with Crippen molar-refractivity contribution in [2.45, 2.75) is 13.0 Å². The number of hydrogen-bond donors (Lipinski definition) is 2. The van der Waals surface area contributed by atoms with Gasteiger partial charge in [-0.05, 0) is 70.6 Å². The van der Waals surface area contributed by atoms with Crippen molar-refractivity contribution >= 4 is 75.7 Å². The van der Waals surface area contributed by atoms with Gasteiger partial charge in [-0.2, -0.15) is 0 Å². The van der Waals surface area contributed by atoms with Gasteiger partial charge in [0.25, 0.3) is 0 Å². The van der Waals surface area contributed by atoms with Crippen LogP contribution in [0.4, 0.5) is 0 Å². The quantitative estimate of drug-likeness (QED) is 0.247. The average molecular weight is 540 g/mol. The molecule has 9 heteroatoms. The smallest absolute Gasteiger partial charge is 0.348 e. The van der Waals surface area contributed by atoms with Crippen LogP contribution in [0, 0.1) is 0 Å². The molecule has 0 fully saturated rings. The molecule has 0 saturated carbocycles. The van der Waals surface area contributed by atoms with Crippen LogP contribution >= 0.6 is 63.7 Å². The van der Waals surface area contributed by atoms with E-state index in [0.717, 1.165) is 0 Å². The summed E-state index contributed by atoms with van der Waals surface area (Å²) in [7, 11) is 0. The van der Waals surface area contributed by atoms with Gasteiger partial charge in [0, 0.05) is 17.9 Å². The summed E-state index contributed by atoms with van der Waals surface area (Å²) >= 11 is 13.0. The Morgan fingerprint density at radius 1 is 0.950 bits per heavy atom. The summed E-state index contributed by atoms with van der Waals surface area (Å²) in [4.78, 5) is 22.8. The number of carbonyl (C=O) groups is 2. The van der Waals surface area contributed by atoms with Crippen molar-refractivity contribution in [2.24, 2.45) is 0 Å². The fourth-order valence-electron chi connectivity index (χ4n) is 1.20. The zero-order valence-corrected chi connectivity index (χ0v) is 16.3. The summed E-state index contributed by atoms with van der Waals surface area (Å²) in [5.41, 5.74) is 0.476. The van der Waals surface area contributed by atoms with Crippen molar-refractivity contribution in [3.63, 3.8) is 0 Å². The summed E-state index contributed by atoms with van der Waals surface area (Å²) in [5.74, 6) is -1.29. The zero-order valence-electron chi connectivity index (χ0n) is 9.92. The monoisotopic (exact) mass is 536 g/mol. The van der Waals surface area contributed by atoms with Crippen molar-refractivity contribution in [3.8, 4) is 0 Å². The molecular formula is C11H8Br4O5. The fraction of sp³-hybridized carbons (Fsp3) is 0.273. The summed E-state index contributed by atoms with van der Waals surface area (Å²) in [6.45, 7) is 1.39. The van der Waals surface area contributed by atoms with Crippen LogP contribution in [0.2, 0.25) is 0 Å². The van der Waals surface area contributed by atoms with E-state index >= 15 is 0 Å². The molecule has 20 heavy (non-hydrogen) atoms.